The van der Waals surface area contributed by atoms with E-state index in [1.807, 2.05) is 6.92 Å². The third kappa shape index (κ3) is 5.26. The lowest BCUT2D eigenvalue weighted by Gasteiger charge is -2.08. The molecule has 0 heterocycles. The van der Waals surface area contributed by atoms with Crippen molar-refractivity contribution in [2.75, 3.05) is 4.72 Å². The number of hydrogen-bond donors (Lipinski definition) is 1. The van der Waals surface area contributed by atoms with Crippen LogP contribution in [0.3, 0.4) is 0 Å². The molecule has 0 bridgehead atoms. The first-order valence-electron chi connectivity index (χ1n) is 8.62. The Balaban J connectivity index is 1.72. The summed E-state index contributed by atoms with van der Waals surface area (Å²) in [7, 11) is -3.69. The van der Waals surface area contributed by atoms with Crippen LogP contribution in [0.2, 0.25) is 10.0 Å². The fourth-order valence-corrected chi connectivity index (χ4v) is 3.97. The Morgan fingerprint density at radius 1 is 0.931 bits per heavy atom. The highest BCUT2D eigenvalue weighted by atomic mass is 35.5. The Morgan fingerprint density at radius 3 is 2.24 bits per heavy atom. The molecule has 4 nitrogen and oxygen atoms in total. The van der Waals surface area contributed by atoms with Gasteiger partial charge in [-0.2, -0.15) is 0 Å². The Bertz CT molecular complexity index is 1170. The number of rotatable bonds is 6. The minimum absolute atomic E-state index is 0.171. The first kappa shape index (κ1) is 21.1. The number of benzene rings is 3. The smallest absolute Gasteiger partial charge is 0.261 e. The van der Waals surface area contributed by atoms with E-state index in [-0.39, 0.29) is 10.7 Å². The normalized spacial score (nSPS) is 11.6. The van der Waals surface area contributed by atoms with Gasteiger partial charge in [0, 0.05) is 11.3 Å². The van der Waals surface area contributed by atoms with Crippen molar-refractivity contribution in [3.05, 3.63) is 99.5 Å². The van der Waals surface area contributed by atoms with Gasteiger partial charge < -0.3 is 0 Å². The maximum Gasteiger partial charge on any atom is 0.261 e. The SMILES string of the molecule is Cc1ccc(S(=O)(=O)Nc2ccc(C(=O)/C=C/c3cccc(Cl)c3Cl)cc2)cc1. The van der Waals surface area contributed by atoms with E-state index in [0.29, 0.717) is 26.9 Å². The molecule has 0 radical (unpaired) electrons. The van der Waals surface area contributed by atoms with Gasteiger partial charge in [-0.3, -0.25) is 9.52 Å². The van der Waals surface area contributed by atoms with Gasteiger partial charge in [0.2, 0.25) is 0 Å². The minimum atomic E-state index is -3.69. The van der Waals surface area contributed by atoms with Crippen molar-refractivity contribution in [3.8, 4) is 0 Å². The van der Waals surface area contributed by atoms with Crippen LogP contribution in [0.1, 0.15) is 21.5 Å². The number of allylic oxidation sites excluding steroid dienone is 1. The topological polar surface area (TPSA) is 63.2 Å². The summed E-state index contributed by atoms with van der Waals surface area (Å²) in [5.41, 5.74) is 2.38. The van der Waals surface area contributed by atoms with Gasteiger partial charge >= 0.3 is 0 Å². The average Bonchev–Trinajstić information content (AvgIpc) is 2.69. The van der Waals surface area contributed by atoms with E-state index in [1.54, 1.807) is 72.8 Å². The second kappa shape index (κ2) is 8.82. The Kier molecular flexibility index (Phi) is 6.42. The highest BCUT2D eigenvalue weighted by molar-refractivity contribution is 7.92. The number of carbonyl (C=O) groups excluding carboxylic acids is 1. The molecule has 0 aliphatic carbocycles. The summed E-state index contributed by atoms with van der Waals surface area (Å²) >= 11 is 12.1. The molecule has 7 heteroatoms. The summed E-state index contributed by atoms with van der Waals surface area (Å²) in [6.07, 6.45) is 2.98. The van der Waals surface area contributed by atoms with Crippen molar-refractivity contribution >= 4 is 50.8 Å². The summed E-state index contributed by atoms with van der Waals surface area (Å²) in [6.45, 7) is 1.88. The van der Waals surface area contributed by atoms with Gasteiger partial charge in [0.1, 0.15) is 0 Å². The van der Waals surface area contributed by atoms with E-state index >= 15 is 0 Å². The van der Waals surface area contributed by atoms with E-state index in [0.717, 1.165) is 5.56 Å². The number of halogens is 2. The number of ketones is 1. The lowest BCUT2D eigenvalue weighted by atomic mass is 10.1. The maximum atomic E-state index is 12.4. The second-order valence-corrected chi connectivity index (χ2v) is 8.80. The third-order valence-corrected chi connectivity index (χ3v) is 6.38. The molecule has 3 aromatic carbocycles. The van der Waals surface area contributed by atoms with Gasteiger partial charge in [-0.15, -0.1) is 0 Å². The summed E-state index contributed by atoms with van der Waals surface area (Å²) in [6, 6.07) is 17.9. The molecule has 0 aromatic heterocycles. The highest BCUT2D eigenvalue weighted by Gasteiger charge is 2.14. The van der Waals surface area contributed by atoms with E-state index in [9.17, 15) is 13.2 Å². The van der Waals surface area contributed by atoms with Crippen molar-refractivity contribution in [3.63, 3.8) is 0 Å². The molecular formula is C22H17Cl2NO3S. The average molecular weight is 446 g/mol. The van der Waals surface area contributed by atoms with Crippen LogP contribution in [0.15, 0.2) is 77.7 Å². The molecule has 0 atom stereocenters. The lowest BCUT2D eigenvalue weighted by Crippen LogP contribution is -2.13. The number of carbonyl (C=O) groups is 1. The fraction of sp³-hybridized carbons (Fsp3) is 0.0455. The Morgan fingerprint density at radius 2 is 1.59 bits per heavy atom. The van der Waals surface area contributed by atoms with Crippen molar-refractivity contribution in [1.29, 1.82) is 0 Å². The van der Waals surface area contributed by atoms with Gasteiger partial charge in [-0.25, -0.2) is 8.42 Å². The number of aryl methyl sites for hydroxylation is 1. The van der Waals surface area contributed by atoms with Crippen LogP contribution in [-0.2, 0) is 10.0 Å². The number of hydrogen-bond acceptors (Lipinski definition) is 3. The standard InChI is InChI=1S/C22H17Cl2NO3S/c1-15-5-12-19(13-6-15)29(27,28)25-18-10-7-16(8-11-18)21(26)14-9-17-3-2-4-20(23)22(17)24/h2-14,25H,1H3/b14-9+. The summed E-state index contributed by atoms with van der Waals surface area (Å²) in [4.78, 5) is 12.5. The van der Waals surface area contributed by atoms with Gasteiger partial charge in [0.25, 0.3) is 10.0 Å². The summed E-state index contributed by atoms with van der Waals surface area (Å²) in [5.74, 6) is -0.242. The van der Waals surface area contributed by atoms with Crippen LogP contribution < -0.4 is 4.72 Å². The molecular weight excluding hydrogens is 429 g/mol. The lowest BCUT2D eigenvalue weighted by molar-refractivity contribution is 0.104. The summed E-state index contributed by atoms with van der Waals surface area (Å²) < 4.78 is 27.4. The summed E-state index contributed by atoms with van der Waals surface area (Å²) in [5, 5.41) is 0.783. The molecule has 3 rings (SSSR count). The van der Waals surface area contributed by atoms with Crippen molar-refractivity contribution < 1.29 is 13.2 Å². The predicted octanol–water partition coefficient (Wildman–Crippen LogP) is 6.00. The maximum absolute atomic E-state index is 12.4. The quantitative estimate of drug-likeness (QED) is 0.373. The van der Waals surface area contributed by atoms with Crippen LogP contribution >= 0.6 is 23.2 Å². The largest absolute Gasteiger partial charge is 0.289 e. The van der Waals surface area contributed by atoms with Gasteiger partial charge in [-0.1, -0.05) is 53.0 Å². The molecule has 0 amide bonds. The van der Waals surface area contributed by atoms with Gasteiger partial charge in [0.05, 0.1) is 14.9 Å². The predicted molar refractivity (Wildman–Crippen MR) is 118 cm³/mol. The zero-order valence-electron chi connectivity index (χ0n) is 15.4. The molecule has 0 spiro atoms. The fourth-order valence-electron chi connectivity index (χ4n) is 2.54. The van der Waals surface area contributed by atoms with Crippen LogP contribution in [0, 0.1) is 6.92 Å². The molecule has 148 valence electrons. The first-order chi connectivity index (χ1) is 13.8. The molecule has 0 aliphatic rings. The van der Waals surface area contributed by atoms with E-state index in [2.05, 4.69) is 4.72 Å². The number of sulfonamides is 1. The zero-order valence-corrected chi connectivity index (χ0v) is 17.7. The van der Waals surface area contributed by atoms with Crippen LogP contribution in [0.4, 0.5) is 5.69 Å². The highest BCUT2D eigenvalue weighted by Crippen LogP contribution is 2.26. The molecule has 29 heavy (non-hydrogen) atoms. The molecule has 1 N–H and O–H groups in total. The molecule has 0 unspecified atom stereocenters. The Labute approximate surface area is 179 Å². The minimum Gasteiger partial charge on any atom is -0.289 e. The second-order valence-electron chi connectivity index (χ2n) is 6.34. The molecule has 0 aliphatic heterocycles. The molecule has 3 aromatic rings. The first-order valence-corrected chi connectivity index (χ1v) is 10.9. The number of anilines is 1. The van der Waals surface area contributed by atoms with Crippen LogP contribution in [0.5, 0.6) is 0 Å². The van der Waals surface area contributed by atoms with Crippen LogP contribution in [0.25, 0.3) is 6.08 Å². The van der Waals surface area contributed by atoms with Gasteiger partial charge in [-0.05, 0) is 67.1 Å². The van der Waals surface area contributed by atoms with Gasteiger partial charge in [0.15, 0.2) is 5.78 Å². The molecule has 0 fully saturated rings. The van der Waals surface area contributed by atoms with E-state index in [4.69, 9.17) is 23.2 Å². The molecule has 0 saturated heterocycles. The number of nitrogens with one attached hydrogen (secondary N) is 1. The van der Waals surface area contributed by atoms with Crippen molar-refractivity contribution in [2.45, 2.75) is 11.8 Å². The molecule has 0 saturated carbocycles. The Hall–Kier alpha value is -2.60. The van der Waals surface area contributed by atoms with Crippen LogP contribution in [-0.4, -0.2) is 14.2 Å². The monoisotopic (exact) mass is 445 g/mol. The van der Waals surface area contributed by atoms with E-state index in [1.165, 1.54) is 6.08 Å². The van der Waals surface area contributed by atoms with E-state index < -0.39 is 10.0 Å². The van der Waals surface area contributed by atoms with Crippen molar-refractivity contribution in [2.24, 2.45) is 0 Å². The zero-order chi connectivity index (χ0) is 21.0. The van der Waals surface area contributed by atoms with Crippen molar-refractivity contribution in [1.82, 2.24) is 0 Å². The third-order valence-electron chi connectivity index (χ3n) is 4.15.